The van der Waals surface area contributed by atoms with Crippen molar-refractivity contribution in [1.29, 1.82) is 0 Å². The number of nitrogens with zero attached hydrogens (tertiary/aromatic N) is 2. The van der Waals surface area contributed by atoms with Gasteiger partial charge < -0.3 is 20.1 Å². The van der Waals surface area contributed by atoms with E-state index in [0.717, 1.165) is 44.8 Å². The van der Waals surface area contributed by atoms with E-state index in [1.807, 2.05) is 109 Å². The number of likely N-dealkylation sites (tertiary alicyclic amines) is 2. The second kappa shape index (κ2) is 16.6. The molecule has 53 heavy (non-hydrogen) atoms. The molecule has 2 aliphatic heterocycles. The van der Waals surface area contributed by atoms with Gasteiger partial charge in [-0.15, -0.1) is 11.3 Å². The summed E-state index contributed by atoms with van der Waals surface area (Å²) in [5.41, 5.74) is 5.12. The van der Waals surface area contributed by atoms with Gasteiger partial charge in [0.2, 0.25) is 11.8 Å². The molecule has 0 saturated carbocycles. The first kappa shape index (κ1) is 35.5. The van der Waals surface area contributed by atoms with Crippen molar-refractivity contribution in [3.8, 4) is 20.9 Å². The van der Waals surface area contributed by atoms with Gasteiger partial charge in [-0.05, 0) is 84.3 Å². The number of rotatable bonds is 10. The Bertz CT molecular complexity index is 1890. The Balaban J connectivity index is 0.904. The number of nitrogens with one attached hydrogen (secondary N) is 2. The van der Waals surface area contributed by atoms with E-state index in [1.165, 1.54) is 9.80 Å². The van der Waals surface area contributed by atoms with Gasteiger partial charge in [-0.2, -0.15) is 0 Å². The van der Waals surface area contributed by atoms with E-state index in [4.69, 9.17) is 9.47 Å². The van der Waals surface area contributed by atoms with Crippen LogP contribution in [0.1, 0.15) is 36.8 Å². The van der Waals surface area contributed by atoms with Crippen LogP contribution < -0.4 is 10.6 Å². The van der Waals surface area contributed by atoms with Gasteiger partial charge in [0.25, 0.3) is 0 Å². The molecular weight excluding hydrogens is 689 g/mol. The minimum Gasteiger partial charge on any atom is -0.445 e. The molecule has 4 aromatic carbocycles. The van der Waals surface area contributed by atoms with Crippen molar-refractivity contribution in [2.24, 2.45) is 0 Å². The highest BCUT2D eigenvalue weighted by molar-refractivity contribution is 7.18. The Morgan fingerprint density at radius 3 is 1.34 bits per heavy atom. The number of benzene rings is 4. The Kier molecular flexibility index (Phi) is 11.1. The minimum atomic E-state index is -0.580. The highest BCUT2D eigenvalue weighted by atomic mass is 32.1. The summed E-state index contributed by atoms with van der Waals surface area (Å²) in [4.78, 5) is 57.1. The molecule has 2 N–H and O–H groups in total. The van der Waals surface area contributed by atoms with Crippen LogP contribution in [0, 0.1) is 0 Å². The fraction of sp³-hybridized carbons (Fsp3) is 0.238. The third kappa shape index (κ3) is 8.75. The zero-order chi connectivity index (χ0) is 36.6. The number of carbonyl (C=O) groups is 4. The van der Waals surface area contributed by atoms with Crippen molar-refractivity contribution in [1.82, 2.24) is 9.80 Å². The van der Waals surface area contributed by atoms with E-state index in [-0.39, 0.29) is 25.0 Å². The number of anilines is 2. The molecule has 0 spiro atoms. The van der Waals surface area contributed by atoms with Gasteiger partial charge in [-0.25, -0.2) is 9.59 Å². The molecule has 2 aliphatic rings. The van der Waals surface area contributed by atoms with Gasteiger partial charge in [0, 0.05) is 34.2 Å². The first-order chi connectivity index (χ1) is 25.9. The number of ether oxygens (including phenoxy) is 2. The van der Waals surface area contributed by atoms with Crippen LogP contribution in [0.3, 0.4) is 0 Å². The summed E-state index contributed by atoms with van der Waals surface area (Å²) >= 11 is 1.64. The molecule has 2 atom stereocenters. The van der Waals surface area contributed by atoms with Gasteiger partial charge in [0.05, 0.1) is 0 Å². The zero-order valence-electron chi connectivity index (χ0n) is 29.1. The molecule has 0 unspecified atom stereocenters. The third-order valence-electron chi connectivity index (χ3n) is 9.47. The largest absolute Gasteiger partial charge is 0.445 e. The SMILES string of the molecule is O=C(Nc1ccc(-c2ccc(-c3ccc(NC(=O)[C@@H]4CCCN4C(=O)OCc4ccccc4)cc3)s2)cc1)[C@@H]1CCCN1C(=O)OCc1ccccc1. The lowest BCUT2D eigenvalue weighted by molar-refractivity contribution is -0.120. The predicted octanol–water partition coefficient (Wildman–Crippen LogP) is 8.56. The molecule has 0 aliphatic carbocycles. The van der Waals surface area contributed by atoms with Crippen LogP contribution in [0.5, 0.6) is 0 Å². The summed E-state index contributed by atoms with van der Waals surface area (Å²) < 4.78 is 11.0. The van der Waals surface area contributed by atoms with Crippen LogP contribution in [0.2, 0.25) is 0 Å². The van der Waals surface area contributed by atoms with Crippen LogP contribution in [-0.2, 0) is 32.3 Å². The maximum atomic E-state index is 13.2. The monoisotopic (exact) mass is 728 g/mol. The van der Waals surface area contributed by atoms with Crippen molar-refractivity contribution in [2.45, 2.75) is 51.0 Å². The Morgan fingerprint density at radius 1 is 0.547 bits per heavy atom. The smallest absolute Gasteiger partial charge is 0.410 e. The molecule has 1 aromatic heterocycles. The van der Waals surface area contributed by atoms with Crippen LogP contribution >= 0.6 is 11.3 Å². The molecule has 0 bridgehead atoms. The topological polar surface area (TPSA) is 117 Å². The molecule has 5 aromatic rings. The fourth-order valence-corrected chi connectivity index (χ4v) is 7.67. The van der Waals surface area contributed by atoms with Gasteiger partial charge in [0.15, 0.2) is 0 Å². The molecule has 3 heterocycles. The maximum absolute atomic E-state index is 13.2. The highest BCUT2D eigenvalue weighted by Gasteiger charge is 2.36. The van der Waals surface area contributed by atoms with Crippen LogP contribution in [0.4, 0.5) is 21.0 Å². The first-order valence-electron chi connectivity index (χ1n) is 17.8. The van der Waals surface area contributed by atoms with Crippen molar-refractivity contribution in [3.05, 3.63) is 132 Å². The Morgan fingerprint density at radius 2 is 0.943 bits per heavy atom. The second-order valence-electron chi connectivity index (χ2n) is 13.1. The first-order valence-corrected chi connectivity index (χ1v) is 18.6. The van der Waals surface area contributed by atoms with E-state index in [9.17, 15) is 19.2 Å². The molecule has 270 valence electrons. The number of carbonyl (C=O) groups excluding carboxylic acids is 4. The average Bonchev–Trinajstić information content (AvgIpc) is 4.00. The molecule has 10 nitrogen and oxygen atoms in total. The summed E-state index contributed by atoms with van der Waals surface area (Å²) in [5.74, 6) is -0.460. The van der Waals surface area contributed by atoms with E-state index < -0.39 is 24.3 Å². The van der Waals surface area contributed by atoms with E-state index in [1.54, 1.807) is 11.3 Å². The van der Waals surface area contributed by atoms with Crippen LogP contribution in [0.25, 0.3) is 20.9 Å². The minimum absolute atomic E-state index is 0.163. The van der Waals surface area contributed by atoms with Crippen LogP contribution in [0.15, 0.2) is 121 Å². The predicted molar refractivity (Wildman–Crippen MR) is 205 cm³/mol. The lowest BCUT2D eigenvalue weighted by Gasteiger charge is -2.23. The summed E-state index contributed by atoms with van der Waals surface area (Å²) in [5, 5.41) is 5.94. The number of hydrogen-bond acceptors (Lipinski definition) is 7. The average molecular weight is 729 g/mol. The van der Waals surface area contributed by atoms with Gasteiger partial charge >= 0.3 is 12.2 Å². The molecule has 2 fully saturated rings. The maximum Gasteiger partial charge on any atom is 0.410 e. The Labute approximate surface area is 312 Å². The van der Waals surface area contributed by atoms with E-state index >= 15 is 0 Å². The van der Waals surface area contributed by atoms with Crippen LogP contribution in [-0.4, -0.2) is 59.0 Å². The lowest BCUT2D eigenvalue weighted by atomic mass is 10.1. The second-order valence-corrected chi connectivity index (χ2v) is 14.2. The van der Waals surface area contributed by atoms with E-state index in [0.29, 0.717) is 37.3 Å². The Hall–Kier alpha value is -5.94. The van der Waals surface area contributed by atoms with Crippen molar-refractivity contribution >= 4 is 46.7 Å². The summed E-state index contributed by atoms with van der Waals surface area (Å²) in [6, 6.07) is 37.2. The van der Waals surface area contributed by atoms with Gasteiger partial charge in [0.1, 0.15) is 25.3 Å². The zero-order valence-corrected chi connectivity index (χ0v) is 29.9. The quantitative estimate of drug-likeness (QED) is 0.149. The summed E-state index contributed by atoms with van der Waals surface area (Å²) in [6.45, 7) is 1.29. The van der Waals surface area contributed by atoms with Gasteiger partial charge in [-0.1, -0.05) is 84.9 Å². The number of thiophene rings is 1. The summed E-state index contributed by atoms with van der Waals surface area (Å²) in [6.07, 6.45) is 1.68. The summed E-state index contributed by atoms with van der Waals surface area (Å²) in [7, 11) is 0. The van der Waals surface area contributed by atoms with Crippen molar-refractivity contribution in [3.63, 3.8) is 0 Å². The number of amides is 4. The molecule has 11 heteroatoms. The van der Waals surface area contributed by atoms with E-state index in [2.05, 4.69) is 22.8 Å². The lowest BCUT2D eigenvalue weighted by Crippen LogP contribution is -2.43. The van der Waals surface area contributed by atoms with Gasteiger partial charge in [-0.3, -0.25) is 19.4 Å². The van der Waals surface area contributed by atoms with Crippen molar-refractivity contribution in [2.75, 3.05) is 23.7 Å². The van der Waals surface area contributed by atoms with Crippen molar-refractivity contribution < 1.29 is 28.7 Å². The molecule has 2 saturated heterocycles. The standard InChI is InChI=1S/C42H40N4O6S/c47-39(35-13-7-25-45(35)41(49)51-27-29-9-3-1-4-10-29)43-33-19-15-31(16-20-33)37-23-24-38(53-37)32-17-21-34(22-18-32)44-40(48)36-14-8-26-46(36)42(50)52-28-30-11-5-2-6-12-30/h1-6,9-12,15-24,35-36H,7-8,13-14,25-28H2,(H,43,47)(H,44,48)/t35-,36-/m0/s1. The third-order valence-corrected chi connectivity index (χ3v) is 10.7. The normalized spacial score (nSPS) is 16.6. The molecule has 4 amide bonds. The molecule has 0 radical (unpaired) electrons. The molecular formula is C42H40N4O6S. The number of hydrogen-bond donors (Lipinski definition) is 2. The highest BCUT2D eigenvalue weighted by Crippen LogP contribution is 2.35. The fourth-order valence-electron chi connectivity index (χ4n) is 6.66. The molecule has 7 rings (SSSR count).